The molecular formula is C25H27N3O3. The van der Waals surface area contributed by atoms with Gasteiger partial charge >= 0.3 is 6.03 Å². The number of pyridine rings is 1. The van der Waals surface area contributed by atoms with Crippen LogP contribution >= 0.6 is 0 Å². The van der Waals surface area contributed by atoms with Crippen LogP contribution < -0.4 is 15.4 Å². The zero-order valence-corrected chi connectivity index (χ0v) is 18.2. The summed E-state index contributed by atoms with van der Waals surface area (Å²) in [6.07, 6.45) is 1.62. The Morgan fingerprint density at radius 1 is 0.968 bits per heavy atom. The van der Waals surface area contributed by atoms with Gasteiger partial charge in [-0.1, -0.05) is 63.2 Å². The molecule has 6 nitrogen and oxygen atoms in total. The third-order valence-electron chi connectivity index (χ3n) is 4.73. The third kappa shape index (κ3) is 5.92. The van der Waals surface area contributed by atoms with Crippen molar-refractivity contribution in [3.05, 3.63) is 83.6 Å². The summed E-state index contributed by atoms with van der Waals surface area (Å²) in [5.41, 5.74) is 2.94. The molecule has 0 aliphatic heterocycles. The number of aromatic nitrogens is 1. The first-order chi connectivity index (χ1) is 14.7. The Morgan fingerprint density at radius 3 is 2.35 bits per heavy atom. The average Bonchev–Trinajstić information content (AvgIpc) is 2.73. The van der Waals surface area contributed by atoms with Crippen molar-refractivity contribution in [3.63, 3.8) is 0 Å². The number of hydrogen-bond donors (Lipinski definition) is 2. The summed E-state index contributed by atoms with van der Waals surface area (Å²) < 4.78 is 6.08. The molecule has 0 aliphatic rings. The fourth-order valence-electron chi connectivity index (χ4n) is 3.05. The highest BCUT2D eigenvalue weighted by Gasteiger charge is 2.20. The SMILES string of the molecule is CC(=O)c1ccc(CNC(=O)Nc2cccnc2Oc2ccccc2C(C)(C)C)cc1. The van der Waals surface area contributed by atoms with Crippen molar-refractivity contribution in [1.82, 2.24) is 10.3 Å². The highest BCUT2D eigenvalue weighted by atomic mass is 16.5. The van der Waals surface area contributed by atoms with Crippen molar-refractivity contribution in [3.8, 4) is 11.6 Å². The van der Waals surface area contributed by atoms with Gasteiger partial charge in [-0.05, 0) is 36.1 Å². The lowest BCUT2D eigenvalue weighted by Crippen LogP contribution is -2.28. The van der Waals surface area contributed by atoms with E-state index in [4.69, 9.17) is 4.74 Å². The van der Waals surface area contributed by atoms with Crippen LogP contribution in [-0.2, 0) is 12.0 Å². The number of amides is 2. The van der Waals surface area contributed by atoms with E-state index in [0.29, 0.717) is 29.4 Å². The van der Waals surface area contributed by atoms with Gasteiger partial charge in [-0.25, -0.2) is 9.78 Å². The van der Waals surface area contributed by atoms with Crippen molar-refractivity contribution in [2.24, 2.45) is 0 Å². The molecule has 0 radical (unpaired) electrons. The number of carbonyl (C=O) groups is 2. The molecule has 0 fully saturated rings. The molecule has 0 atom stereocenters. The molecule has 2 N–H and O–H groups in total. The van der Waals surface area contributed by atoms with E-state index in [2.05, 4.69) is 36.4 Å². The predicted molar refractivity (Wildman–Crippen MR) is 122 cm³/mol. The molecule has 0 unspecified atom stereocenters. The Hall–Kier alpha value is -3.67. The van der Waals surface area contributed by atoms with Crippen LogP contribution in [0.1, 0.15) is 49.2 Å². The zero-order valence-electron chi connectivity index (χ0n) is 18.2. The van der Waals surface area contributed by atoms with Gasteiger partial charge in [0.25, 0.3) is 0 Å². The number of Topliss-reactive ketones (excluding diaryl/α,β-unsaturated/α-hetero) is 1. The number of carbonyl (C=O) groups excluding carboxylic acids is 2. The van der Waals surface area contributed by atoms with E-state index >= 15 is 0 Å². The number of hydrogen-bond acceptors (Lipinski definition) is 4. The summed E-state index contributed by atoms with van der Waals surface area (Å²) in [6, 6.07) is 18.0. The topological polar surface area (TPSA) is 80.3 Å². The summed E-state index contributed by atoms with van der Waals surface area (Å²) in [7, 11) is 0. The molecule has 160 valence electrons. The van der Waals surface area contributed by atoms with E-state index in [-0.39, 0.29) is 17.2 Å². The van der Waals surface area contributed by atoms with Crippen LogP contribution in [0.5, 0.6) is 11.6 Å². The van der Waals surface area contributed by atoms with Gasteiger partial charge in [-0.2, -0.15) is 0 Å². The van der Waals surface area contributed by atoms with E-state index in [9.17, 15) is 9.59 Å². The monoisotopic (exact) mass is 417 g/mol. The number of nitrogens with one attached hydrogen (secondary N) is 2. The van der Waals surface area contributed by atoms with E-state index in [1.165, 1.54) is 6.92 Å². The van der Waals surface area contributed by atoms with Crippen LogP contribution in [0.15, 0.2) is 66.9 Å². The Labute approximate surface area is 182 Å². The number of para-hydroxylation sites is 1. The molecule has 0 saturated carbocycles. The summed E-state index contributed by atoms with van der Waals surface area (Å²) in [5.74, 6) is 1.03. The fourth-order valence-corrected chi connectivity index (χ4v) is 3.05. The average molecular weight is 418 g/mol. The second-order valence-electron chi connectivity index (χ2n) is 8.27. The Balaban J connectivity index is 1.68. The second-order valence-corrected chi connectivity index (χ2v) is 8.27. The molecule has 0 bridgehead atoms. The molecule has 2 aromatic carbocycles. The van der Waals surface area contributed by atoms with Gasteiger partial charge in [0.1, 0.15) is 11.4 Å². The van der Waals surface area contributed by atoms with Crippen molar-refractivity contribution in [1.29, 1.82) is 0 Å². The predicted octanol–water partition coefficient (Wildman–Crippen LogP) is 5.70. The summed E-state index contributed by atoms with van der Waals surface area (Å²) >= 11 is 0. The number of nitrogens with zero attached hydrogens (tertiary/aromatic N) is 1. The molecular weight excluding hydrogens is 390 g/mol. The van der Waals surface area contributed by atoms with Crippen molar-refractivity contribution >= 4 is 17.5 Å². The molecule has 3 rings (SSSR count). The number of urea groups is 1. The Bertz CT molecular complexity index is 1070. The van der Waals surface area contributed by atoms with Crippen LogP contribution in [0, 0.1) is 0 Å². The number of ether oxygens (including phenoxy) is 1. The van der Waals surface area contributed by atoms with Crippen molar-refractivity contribution in [2.45, 2.75) is 39.7 Å². The van der Waals surface area contributed by atoms with Crippen LogP contribution in [0.2, 0.25) is 0 Å². The van der Waals surface area contributed by atoms with Gasteiger partial charge in [0.15, 0.2) is 5.78 Å². The largest absolute Gasteiger partial charge is 0.437 e. The lowest BCUT2D eigenvalue weighted by molar-refractivity contribution is 0.101. The summed E-state index contributed by atoms with van der Waals surface area (Å²) in [5, 5.41) is 5.60. The van der Waals surface area contributed by atoms with E-state index in [0.717, 1.165) is 11.1 Å². The van der Waals surface area contributed by atoms with Crippen LogP contribution in [0.4, 0.5) is 10.5 Å². The van der Waals surface area contributed by atoms with Gasteiger partial charge < -0.3 is 15.4 Å². The first-order valence-electron chi connectivity index (χ1n) is 10.1. The fraction of sp³-hybridized carbons (Fsp3) is 0.240. The summed E-state index contributed by atoms with van der Waals surface area (Å²) in [4.78, 5) is 28.1. The molecule has 0 aliphatic carbocycles. The molecule has 2 amide bonds. The van der Waals surface area contributed by atoms with Crippen molar-refractivity contribution in [2.75, 3.05) is 5.32 Å². The van der Waals surface area contributed by atoms with E-state index in [1.54, 1.807) is 30.5 Å². The highest BCUT2D eigenvalue weighted by molar-refractivity contribution is 5.94. The highest BCUT2D eigenvalue weighted by Crippen LogP contribution is 2.35. The molecule has 0 saturated heterocycles. The lowest BCUT2D eigenvalue weighted by atomic mass is 9.86. The molecule has 0 spiro atoms. The van der Waals surface area contributed by atoms with Gasteiger partial charge in [-0.15, -0.1) is 0 Å². The molecule has 3 aromatic rings. The van der Waals surface area contributed by atoms with Gasteiger partial charge in [0.05, 0.1) is 0 Å². The first-order valence-corrected chi connectivity index (χ1v) is 10.1. The maximum atomic E-state index is 12.4. The van der Waals surface area contributed by atoms with Gasteiger partial charge in [0.2, 0.25) is 5.88 Å². The molecule has 6 heteroatoms. The van der Waals surface area contributed by atoms with Crippen LogP contribution in [-0.4, -0.2) is 16.8 Å². The molecule has 31 heavy (non-hydrogen) atoms. The first kappa shape index (κ1) is 22.0. The normalized spacial score (nSPS) is 11.0. The maximum absolute atomic E-state index is 12.4. The lowest BCUT2D eigenvalue weighted by Gasteiger charge is -2.22. The minimum Gasteiger partial charge on any atom is -0.437 e. The van der Waals surface area contributed by atoms with Crippen LogP contribution in [0.3, 0.4) is 0 Å². The maximum Gasteiger partial charge on any atom is 0.319 e. The van der Waals surface area contributed by atoms with Gasteiger partial charge in [0, 0.05) is 23.9 Å². The van der Waals surface area contributed by atoms with E-state index in [1.807, 2.05) is 36.4 Å². The third-order valence-corrected chi connectivity index (χ3v) is 4.73. The van der Waals surface area contributed by atoms with Crippen LogP contribution in [0.25, 0.3) is 0 Å². The molecule has 1 heterocycles. The van der Waals surface area contributed by atoms with E-state index < -0.39 is 0 Å². The quantitative estimate of drug-likeness (QED) is 0.505. The smallest absolute Gasteiger partial charge is 0.319 e. The minimum atomic E-state index is -0.377. The Kier molecular flexibility index (Phi) is 6.70. The Morgan fingerprint density at radius 2 is 1.68 bits per heavy atom. The summed E-state index contributed by atoms with van der Waals surface area (Å²) in [6.45, 7) is 8.19. The zero-order chi connectivity index (χ0) is 22.4. The number of anilines is 1. The van der Waals surface area contributed by atoms with Crippen molar-refractivity contribution < 1.29 is 14.3 Å². The standard InChI is InChI=1S/C25H27N3O3/c1-17(29)19-13-11-18(12-14-19)16-27-24(30)28-21-9-7-15-26-23(21)31-22-10-6-5-8-20(22)25(2,3)4/h5-15H,16H2,1-4H3,(H2,27,28,30). The number of ketones is 1. The van der Waals surface area contributed by atoms with Gasteiger partial charge in [-0.3, -0.25) is 4.79 Å². The second kappa shape index (κ2) is 9.43. The number of rotatable bonds is 6. The minimum absolute atomic E-state index is 0.00870. The molecule has 1 aromatic heterocycles. The number of benzene rings is 2.